The number of aromatic nitrogens is 1. The lowest BCUT2D eigenvalue weighted by molar-refractivity contribution is -0.125. The normalized spacial score (nSPS) is 15.4. The second-order valence-corrected chi connectivity index (χ2v) is 9.21. The highest BCUT2D eigenvalue weighted by Crippen LogP contribution is 2.40. The Balaban J connectivity index is 1.52. The van der Waals surface area contributed by atoms with Gasteiger partial charge in [-0.25, -0.2) is 4.98 Å². The Hall–Kier alpha value is -2.86. The Labute approximate surface area is 200 Å². The first kappa shape index (κ1) is 21.0. The van der Waals surface area contributed by atoms with Crippen molar-refractivity contribution in [3.63, 3.8) is 0 Å². The van der Waals surface area contributed by atoms with Crippen molar-refractivity contribution < 1.29 is 9.53 Å². The summed E-state index contributed by atoms with van der Waals surface area (Å²) in [7, 11) is 0. The van der Waals surface area contributed by atoms with E-state index in [-0.39, 0.29) is 5.91 Å². The van der Waals surface area contributed by atoms with Crippen LogP contribution in [0.5, 0.6) is 5.75 Å². The maximum Gasteiger partial charge on any atom is 0.268 e. The number of benzene rings is 3. The van der Waals surface area contributed by atoms with Crippen molar-refractivity contribution in [2.24, 2.45) is 0 Å². The highest BCUT2D eigenvalue weighted by Gasteiger charge is 2.32. The third-order valence-corrected chi connectivity index (χ3v) is 6.81. The van der Waals surface area contributed by atoms with Crippen LogP contribution in [0.25, 0.3) is 21.8 Å². The van der Waals surface area contributed by atoms with Crippen molar-refractivity contribution in [2.45, 2.75) is 19.6 Å². The van der Waals surface area contributed by atoms with Crippen LogP contribution in [-0.4, -0.2) is 17.0 Å². The Bertz CT molecular complexity index is 1310. The summed E-state index contributed by atoms with van der Waals surface area (Å²) in [6.45, 7) is 2.08. The first-order valence-electron chi connectivity index (χ1n) is 10.1. The number of anilines is 1. The van der Waals surface area contributed by atoms with Gasteiger partial charge in [-0.3, -0.25) is 4.79 Å². The average Bonchev–Trinajstić information content (AvgIpc) is 3.29. The fourth-order valence-corrected chi connectivity index (χ4v) is 4.97. The summed E-state index contributed by atoms with van der Waals surface area (Å²) in [5, 5.41) is 4.05. The van der Waals surface area contributed by atoms with Crippen LogP contribution in [0.4, 0.5) is 5.69 Å². The predicted octanol–water partition coefficient (Wildman–Crippen LogP) is 7.10. The smallest absolute Gasteiger partial charge is 0.268 e. The molecule has 3 aromatic carbocycles. The minimum Gasteiger partial charge on any atom is -0.479 e. The molecule has 32 heavy (non-hydrogen) atoms. The van der Waals surface area contributed by atoms with Crippen LogP contribution in [0.2, 0.25) is 10.0 Å². The summed E-state index contributed by atoms with van der Waals surface area (Å²) in [5.41, 5.74) is 4.36. The van der Waals surface area contributed by atoms with Gasteiger partial charge in [0.2, 0.25) is 0 Å². The number of carbonyl (C=O) groups excluding carboxylic acids is 1. The highest BCUT2D eigenvalue weighted by molar-refractivity contribution is 7.13. The van der Waals surface area contributed by atoms with Crippen molar-refractivity contribution in [1.82, 2.24) is 4.98 Å². The van der Waals surface area contributed by atoms with E-state index in [9.17, 15) is 4.79 Å². The molecule has 0 aliphatic carbocycles. The zero-order valence-electron chi connectivity index (χ0n) is 17.1. The predicted molar refractivity (Wildman–Crippen MR) is 131 cm³/mol. The van der Waals surface area contributed by atoms with Gasteiger partial charge in [0, 0.05) is 26.6 Å². The van der Waals surface area contributed by atoms with Gasteiger partial charge in [0.25, 0.3) is 5.91 Å². The van der Waals surface area contributed by atoms with Gasteiger partial charge in [-0.1, -0.05) is 59.6 Å². The Morgan fingerprint density at radius 1 is 1.03 bits per heavy atom. The van der Waals surface area contributed by atoms with E-state index in [1.807, 2.05) is 60.0 Å². The van der Waals surface area contributed by atoms with E-state index >= 15 is 0 Å². The second kappa shape index (κ2) is 8.58. The van der Waals surface area contributed by atoms with Crippen LogP contribution < -0.4 is 9.64 Å². The van der Waals surface area contributed by atoms with Gasteiger partial charge in [-0.2, -0.15) is 0 Å². The molecule has 2 heterocycles. The molecule has 0 bridgehead atoms. The van der Waals surface area contributed by atoms with Crippen LogP contribution >= 0.6 is 34.5 Å². The molecule has 7 heteroatoms. The summed E-state index contributed by atoms with van der Waals surface area (Å²) in [6, 6.07) is 21.2. The van der Waals surface area contributed by atoms with Gasteiger partial charge < -0.3 is 9.64 Å². The lowest BCUT2D eigenvalue weighted by atomic mass is 10.1. The van der Waals surface area contributed by atoms with Crippen LogP contribution in [0.15, 0.2) is 72.1 Å². The molecular weight excluding hydrogens is 463 g/mol. The minimum atomic E-state index is -0.580. The molecule has 0 fully saturated rings. The van der Waals surface area contributed by atoms with Gasteiger partial charge >= 0.3 is 0 Å². The van der Waals surface area contributed by atoms with Crippen molar-refractivity contribution in [2.75, 3.05) is 4.90 Å². The van der Waals surface area contributed by atoms with E-state index in [1.165, 1.54) is 0 Å². The van der Waals surface area contributed by atoms with E-state index in [4.69, 9.17) is 32.9 Å². The molecule has 0 N–H and O–H groups in total. The Morgan fingerprint density at radius 2 is 1.84 bits per heavy atom. The molecule has 4 aromatic rings. The van der Waals surface area contributed by atoms with E-state index in [2.05, 4.69) is 0 Å². The van der Waals surface area contributed by atoms with Gasteiger partial charge in [0.15, 0.2) is 6.10 Å². The minimum absolute atomic E-state index is 0.121. The molecule has 0 radical (unpaired) electrons. The topological polar surface area (TPSA) is 42.4 Å². The molecule has 1 amide bonds. The molecule has 1 aliphatic rings. The van der Waals surface area contributed by atoms with Crippen molar-refractivity contribution in [1.29, 1.82) is 0 Å². The molecule has 0 spiro atoms. The van der Waals surface area contributed by atoms with E-state index in [0.29, 0.717) is 28.0 Å². The molecule has 5 rings (SSSR count). The van der Waals surface area contributed by atoms with E-state index < -0.39 is 6.10 Å². The van der Waals surface area contributed by atoms with Crippen LogP contribution in [-0.2, 0) is 11.3 Å². The van der Waals surface area contributed by atoms with Crippen LogP contribution in [0.3, 0.4) is 0 Å². The fraction of sp³-hybridized carbons (Fsp3) is 0.120. The maximum atomic E-state index is 13.0. The average molecular weight is 481 g/mol. The molecule has 1 aromatic heterocycles. The zero-order valence-corrected chi connectivity index (χ0v) is 19.4. The number of rotatable bonds is 4. The lowest BCUT2D eigenvalue weighted by Crippen LogP contribution is -2.44. The molecule has 4 nitrogen and oxygen atoms in total. The molecule has 160 valence electrons. The number of ether oxygens (including phenoxy) is 1. The summed E-state index contributed by atoms with van der Waals surface area (Å²) >= 11 is 14.0. The van der Waals surface area contributed by atoms with Gasteiger partial charge in [0.05, 0.1) is 17.9 Å². The number of carbonyl (C=O) groups is 1. The van der Waals surface area contributed by atoms with Gasteiger partial charge in [-0.15, -0.1) is 11.3 Å². The third kappa shape index (κ3) is 3.99. The summed E-state index contributed by atoms with van der Waals surface area (Å²) in [5.74, 6) is 0.536. The first-order chi connectivity index (χ1) is 15.5. The van der Waals surface area contributed by atoms with Crippen molar-refractivity contribution in [3.05, 3.63) is 87.7 Å². The summed E-state index contributed by atoms with van der Waals surface area (Å²) in [4.78, 5) is 19.5. The zero-order chi connectivity index (χ0) is 22.2. The lowest BCUT2D eigenvalue weighted by Gasteiger charge is -2.33. The molecule has 1 unspecified atom stereocenters. The quantitative estimate of drug-likeness (QED) is 0.312. The van der Waals surface area contributed by atoms with E-state index in [1.54, 1.807) is 35.3 Å². The number of fused-ring (bicyclic) bond motifs is 1. The molecule has 1 aliphatic heterocycles. The first-order valence-corrected chi connectivity index (χ1v) is 11.7. The van der Waals surface area contributed by atoms with Crippen molar-refractivity contribution in [3.8, 4) is 27.6 Å². The SMILES string of the molecule is CC1Oc2ccc(-c3csc(-c4ccccc4)n3)cc2N(Cc2ccc(Cl)cc2Cl)C1=O. The third-order valence-electron chi connectivity index (χ3n) is 5.33. The number of hydrogen-bond donors (Lipinski definition) is 0. The molecule has 1 atom stereocenters. The van der Waals surface area contributed by atoms with Crippen molar-refractivity contribution >= 4 is 46.1 Å². The number of thiazole rings is 1. The molecular formula is C25H18Cl2N2O2S. The standard InChI is InChI=1S/C25H18Cl2N2O2S/c1-15-25(30)29(13-18-7-9-19(26)12-20(18)27)22-11-17(8-10-23(22)31-15)21-14-32-24(28-21)16-5-3-2-4-6-16/h2-12,14-15H,13H2,1H3. The number of hydrogen-bond acceptors (Lipinski definition) is 4. The van der Waals surface area contributed by atoms with Gasteiger partial charge in [0.1, 0.15) is 10.8 Å². The van der Waals surface area contributed by atoms with Gasteiger partial charge in [-0.05, 0) is 42.8 Å². The highest BCUT2D eigenvalue weighted by atomic mass is 35.5. The fourth-order valence-electron chi connectivity index (χ4n) is 3.67. The summed E-state index contributed by atoms with van der Waals surface area (Å²) < 4.78 is 5.86. The number of amides is 1. The molecule has 0 saturated heterocycles. The maximum absolute atomic E-state index is 13.0. The van der Waals surface area contributed by atoms with Crippen LogP contribution in [0.1, 0.15) is 12.5 Å². The van der Waals surface area contributed by atoms with E-state index in [0.717, 1.165) is 27.4 Å². The Morgan fingerprint density at radius 3 is 2.62 bits per heavy atom. The number of halogens is 2. The largest absolute Gasteiger partial charge is 0.479 e. The van der Waals surface area contributed by atoms with Crippen LogP contribution in [0, 0.1) is 0 Å². The molecule has 0 saturated carbocycles. The second-order valence-electron chi connectivity index (χ2n) is 7.51. The monoisotopic (exact) mass is 480 g/mol. The number of nitrogens with zero attached hydrogens (tertiary/aromatic N) is 2. The summed E-state index contributed by atoms with van der Waals surface area (Å²) in [6.07, 6.45) is -0.580. The Kier molecular flexibility index (Phi) is 5.64.